The molecule has 3 N–H and O–H groups in total. The zero-order valence-corrected chi connectivity index (χ0v) is 17.2. The number of nitrogens with one attached hydrogen (secondary N) is 1. The van der Waals surface area contributed by atoms with E-state index in [1.165, 1.54) is 12.6 Å². The quantitative estimate of drug-likeness (QED) is 0.201. The first kappa shape index (κ1) is 26.9. The molecule has 1 aromatic carbocycles. The molecule has 0 atom stereocenters. The third-order valence-corrected chi connectivity index (χ3v) is 3.13. The molecule has 0 radical (unpaired) electrons. The number of benzene rings is 1. The van der Waals surface area contributed by atoms with Crippen LogP contribution in [0.2, 0.25) is 0 Å². The van der Waals surface area contributed by atoms with Crippen molar-refractivity contribution in [1.82, 2.24) is 5.32 Å². The van der Waals surface area contributed by atoms with E-state index in [2.05, 4.69) is 35.8 Å². The number of rotatable bonds is 11. The maximum absolute atomic E-state index is 9.17. The van der Waals surface area contributed by atoms with Crippen LogP contribution >= 0.6 is 0 Å². The summed E-state index contributed by atoms with van der Waals surface area (Å²) in [6.45, 7) is 7.12. The van der Waals surface area contributed by atoms with E-state index in [4.69, 9.17) is 9.47 Å². The monoisotopic (exact) mass is 376 g/mol. The number of carbonyl (C=O) groups excluding carboxylic acids is 1. The van der Waals surface area contributed by atoms with Gasteiger partial charge in [0.05, 0.1) is 14.2 Å². The van der Waals surface area contributed by atoms with Gasteiger partial charge in [0, 0.05) is 19.5 Å². The number of methoxy groups -OCH3 is 2. The molecular weight excluding hydrogens is 340 g/mol. The van der Waals surface area contributed by atoms with E-state index in [-0.39, 0.29) is 0 Å². The number of hydrogen-bond donors (Lipinski definition) is 2. The van der Waals surface area contributed by atoms with Gasteiger partial charge < -0.3 is 25.3 Å². The number of hydrogen-bond acceptors (Lipinski definition) is 5. The molecular formula is C22H36N2O3. The van der Waals surface area contributed by atoms with Crippen molar-refractivity contribution >= 4 is 6.29 Å². The first-order valence-corrected chi connectivity index (χ1v) is 9.08. The summed E-state index contributed by atoms with van der Waals surface area (Å²) in [5.41, 5.74) is 5.70. The van der Waals surface area contributed by atoms with Crippen molar-refractivity contribution in [3.05, 3.63) is 66.5 Å². The Morgan fingerprint density at radius 1 is 1.26 bits per heavy atom. The lowest BCUT2D eigenvalue weighted by Crippen LogP contribution is -2.12. The second kappa shape index (κ2) is 21.7. The summed E-state index contributed by atoms with van der Waals surface area (Å²) in [5.74, 6) is 1.77. The van der Waals surface area contributed by atoms with E-state index < -0.39 is 0 Å². The van der Waals surface area contributed by atoms with Gasteiger partial charge in [-0.25, -0.2) is 0 Å². The second-order valence-electron chi connectivity index (χ2n) is 5.14. The molecule has 0 fully saturated rings. The molecule has 27 heavy (non-hydrogen) atoms. The number of ether oxygens (including phenoxy) is 2. The summed E-state index contributed by atoms with van der Waals surface area (Å²) < 4.78 is 10.5. The van der Waals surface area contributed by atoms with Gasteiger partial charge in [0.25, 0.3) is 0 Å². The SMILES string of the molecule is C=CCC/C=C(\C=CCNCc1cccc(OC)c1)OC.CCC=O.CN. The Kier molecular flexibility index (Phi) is 21.6. The lowest BCUT2D eigenvalue weighted by atomic mass is 10.2. The van der Waals surface area contributed by atoms with Crippen molar-refractivity contribution in [2.24, 2.45) is 5.73 Å². The molecule has 0 aromatic heterocycles. The van der Waals surface area contributed by atoms with Crippen LogP contribution in [0.4, 0.5) is 0 Å². The Labute approximate surface area is 164 Å². The number of nitrogens with two attached hydrogens (primary N) is 1. The van der Waals surface area contributed by atoms with E-state index in [1.807, 2.05) is 37.3 Å². The predicted octanol–water partition coefficient (Wildman–Crippen LogP) is 4.01. The Morgan fingerprint density at radius 2 is 1.96 bits per heavy atom. The van der Waals surface area contributed by atoms with E-state index in [0.717, 1.165) is 43.7 Å². The molecule has 0 saturated heterocycles. The third-order valence-electron chi connectivity index (χ3n) is 3.13. The van der Waals surface area contributed by atoms with Gasteiger partial charge in [0.1, 0.15) is 17.8 Å². The highest BCUT2D eigenvalue weighted by molar-refractivity contribution is 5.48. The van der Waals surface area contributed by atoms with E-state index in [9.17, 15) is 4.79 Å². The van der Waals surface area contributed by atoms with Crippen LogP contribution in [0, 0.1) is 0 Å². The molecule has 1 rings (SSSR count). The van der Waals surface area contributed by atoms with Gasteiger partial charge in [-0.3, -0.25) is 0 Å². The fourth-order valence-corrected chi connectivity index (χ4v) is 1.82. The molecule has 0 aliphatic heterocycles. The molecule has 0 saturated carbocycles. The standard InChI is InChI=1S/C18H25NO2.C3H6O.CH5N/c1-4-5-6-10-17(20-2)12-8-13-19-15-16-9-7-11-18(14-16)21-3;1-2-3-4;1-2/h4,7-12,14,19H,1,5-6,13,15H2,2-3H3;3H,2H2,1H3;2H2,1H3/b12-8?,17-10+;;. The largest absolute Gasteiger partial charge is 0.497 e. The zero-order chi connectivity index (χ0) is 20.8. The normalized spacial score (nSPS) is 10.2. The number of unbranched alkanes of at least 4 members (excludes halogenated alkanes) is 1. The third kappa shape index (κ3) is 16.8. The van der Waals surface area contributed by atoms with Crippen LogP contribution in [-0.2, 0) is 16.1 Å². The fraction of sp³-hybridized carbons (Fsp3) is 0.409. The Morgan fingerprint density at radius 3 is 2.52 bits per heavy atom. The molecule has 0 amide bonds. The molecule has 0 aliphatic carbocycles. The van der Waals surface area contributed by atoms with Gasteiger partial charge in [0.15, 0.2) is 0 Å². The second-order valence-corrected chi connectivity index (χ2v) is 5.14. The van der Waals surface area contributed by atoms with Crippen molar-refractivity contribution in [2.75, 3.05) is 27.8 Å². The van der Waals surface area contributed by atoms with E-state index in [1.54, 1.807) is 14.2 Å². The molecule has 0 aliphatic rings. The maximum Gasteiger partial charge on any atom is 0.119 e. The van der Waals surface area contributed by atoms with Crippen LogP contribution in [0.3, 0.4) is 0 Å². The average Bonchev–Trinajstić information content (AvgIpc) is 2.74. The zero-order valence-electron chi connectivity index (χ0n) is 17.2. The predicted molar refractivity (Wildman–Crippen MR) is 115 cm³/mol. The average molecular weight is 377 g/mol. The molecule has 5 nitrogen and oxygen atoms in total. The lowest BCUT2D eigenvalue weighted by molar-refractivity contribution is -0.107. The Balaban J connectivity index is 0. The highest BCUT2D eigenvalue weighted by Crippen LogP contribution is 2.12. The molecule has 0 spiro atoms. The summed E-state index contributed by atoms with van der Waals surface area (Å²) in [6, 6.07) is 8.06. The van der Waals surface area contributed by atoms with Gasteiger partial charge in [-0.1, -0.05) is 31.2 Å². The van der Waals surface area contributed by atoms with Crippen LogP contribution in [0.15, 0.2) is 60.9 Å². The number of allylic oxidation sites excluding steroid dienone is 3. The topological polar surface area (TPSA) is 73.6 Å². The summed E-state index contributed by atoms with van der Waals surface area (Å²) in [4.78, 5) is 9.17. The minimum absolute atomic E-state index is 0.639. The van der Waals surface area contributed by atoms with Crippen molar-refractivity contribution in [3.63, 3.8) is 0 Å². The van der Waals surface area contributed by atoms with Crippen LogP contribution in [0.1, 0.15) is 31.7 Å². The lowest BCUT2D eigenvalue weighted by Gasteiger charge is -2.05. The van der Waals surface area contributed by atoms with Crippen molar-refractivity contribution < 1.29 is 14.3 Å². The minimum Gasteiger partial charge on any atom is -0.497 e. The van der Waals surface area contributed by atoms with Gasteiger partial charge in [0.2, 0.25) is 0 Å². The van der Waals surface area contributed by atoms with Gasteiger partial charge in [-0.2, -0.15) is 0 Å². The summed E-state index contributed by atoms with van der Waals surface area (Å²) in [6.07, 6.45) is 11.5. The number of aldehydes is 1. The Hall–Kier alpha value is -2.37. The highest BCUT2D eigenvalue weighted by atomic mass is 16.5. The Bertz CT molecular complexity index is 540. The minimum atomic E-state index is 0.639. The van der Waals surface area contributed by atoms with Crippen LogP contribution in [0.25, 0.3) is 0 Å². The van der Waals surface area contributed by atoms with Crippen LogP contribution in [-0.4, -0.2) is 34.1 Å². The van der Waals surface area contributed by atoms with Crippen molar-refractivity contribution in [3.8, 4) is 5.75 Å². The maximum atomic E-state index is 9.17. The van der Waals surface area contributed by atoms with Gasteiger partial charge in [-0.15, -0.1) is 6.58 Å². The molecule has 0 unspecified atom stereocenters. The van der Waals surface area contributed by atoms with Crippen molar-refractivity contribution in [2.45, 2.75) is 32.7 Å². The molecule has 152 valence electrons. The smallest absolute Gasteiger partial charge is 0.119 e. The van der Waals surface area contributed by atoms with Gasteiger partial charge >= 0.3 is 0 Å². The summed E-state index contributed by atoms with van der Waals surface area (Å²) in [7, 11) is 4.87. The van der Waals surface area contributed by atoms with Crippen LogP contribution < -0.4 is 15.8 Å². The molecule has 1 aromatic rings. The fourth-order valence-electron chi connectivity index (χ4n) is 1.82. The molecule has 0 bridgehead atoms. The number of carbonyl (C=O) groups is 1. The summed E-state index contributed by atoms with van der Waals surface area (Å²) in [5, 5.41) is 3.36. The van der Waals surface area contributed by atoms with E-state index in [0.29, 0.717) is 6.42 Å². The first-order chi connectivity index (χ1) is 13.2. The molecule has 0 heterocycles. The first-order valence-electron chi connectivity index (χ1n) is 9.08. The highest BCUT2D eigenvalue weighted by Gasteiger charge is 1.94. The molecule has 5 heteroatoms. The van der Waals surface area contributed by atoms with E-state index >= 15 is 0 Å². The summed E-state index contributed by atoms with van der Waals surface area (Å²) >= 11 is 0. The van der Waals surface area contributed by atoms with Gasteiger partial charge in [-0.05, 0) is 49.7 Å². The van der Waals surface area contributed by atoms with Crippen LogP contribution in [0.5, 0.6) is 5.75 Å². The van der Waals surface area contributed by atoms with Crippen molar-refractivity contribution in [1.29, 1.82) is 0 Å².